The molecule has 0 saturated carbocycles. The molecule has 2 heterocycles. The van der Waals surface area contributed by atoms with Crippen LogP contribution in [-0.2, 0) is 40.4 Å². The summed E-state index contributed by atoms with van der Waals surface area (Å²) in [4.78, 5) is 59.1. The Hall–Kier alpha value is -5.25. The van der Waals surface area contributed by atoms with Crippen LogP contribution in [0.1, 0.15) is 63.1 Å². The summed E-state index contributed by atoms with van der Waals surface area (Å²) in [6.45, 7) is 8.21. The van der Waals surface area contributed by atoms with Gasteiger partial charge in [0.25, 0.3) is 0 Å². The molecule has 310 valence electrons. The number of carbonyl (C=O) groups excluding carboxylic acids is 4. The highest BCUT2D eigenvalue weighted by molar-refractivity contribution is 5.83. The van der Waals surface area contributed by atoms with Gasteiger partial charge in [-0.1, -0.05) is 82.6 Å². The van der Waals surface area contributed by atoms with Crippen molar-refractivity contribution in [2.75, 3.05) is 33.9 Å². The molecule has 2 aromatic carbocycles. The summed E-state index contributed by atoms with van der Waals surface area (Å²) in [5, 5.41) is 32.0. The largest absolute Gasteiger partial charge is 0.497 e. The summed E-state index contributed by atoms with van der Waals surface area (Å²) in [7, 11) is 2.85. The fourth-order valence-corrected chi connectivity index (χ4v) is 6.99. The van der Waals surface area contributed by atoms with Crippen LogP contribution in [0.25, 0.3) is 0 Å². The topological polar surface area (TPSA) is 195 Å². The second-order valence-corrected chi connectivity index (χ2v) is 15.4. The van der Waals surface area contributed by atoms with Gasteiger partial charge in [0, 0.05) is 32.6 Å². The van der Waals surface area contributed by atoms with E-state index in [2.05, 4.69) is 31.1 Å². The van der Waals surface area contributed by atoms with Gasteiger partial charge in [0.1, 0.15) is 5.75 Å². The van der Waals surface area contributed by atoms with Gasteiger partial charge in [0.15, 0.2) is 0 Å². The highest BCUT2D eigenvalue weighted by Gasteiger charge is 2.43. The fourth-order valence-electron chi connectivity index (χ4n) is 6.99. The van der Waals surface area contributed by atoms with Crippen LogP contribution in [0, 0.1) is 17.3 Å². The number of amides is 5. The van der Waals surface area contributed by atoms with Crippen LogP contribution in [0.15, 0.2) is 72.8 Å². The minimum absolute atomic E-state index is 0.0488. The summed E-state index contributed by atoms with van der Waals surface area (Å²) >= 11 is 0. The number of methoxy groups -OCH3 is 2. The number of rotatable bonds is 21. The third kappa shape index (κ3) is 13.4. The number of alkyl carbamates (subject to hydrolysis) is 1. The molecule has 6 N–H and O–H groups in total. The molecule has 1 fully saturated rings. The zero-order valence-corrected chi connectivity index (χ0v) is 33.9. The Balaban J connectivity index is 1.60. The van der Waals surface area contributed by atoms with Crippen LogP contribution >= 0.6 is 0 Å². The Labute approximate surface area is 335 Å². The molecular formula is C42H59N7O8. The number of hydrazine groups is 1. The van der Waals surface area contributed by atoms with Crippen molar-refractivity contribution in [2.24, 2.45) is 17.3 Å². The van der Waals surface area contributed by atoms with Crippen LogP contribution in [0.4, 0.5) is 9.59 Å². The number of benzene rings is 2. The minimum Gasteiger partial charge on any atom is -0.497 e. The van der Waals surface area contributed by atoms with Crippen LogP contribution in [0.3, 0.4) is 0 Å². The van der Waals surface area contributed by atoms with E-state index in [4.69, 9.17) is 4.74 Å². The summed E-state index contributed by atoms with van der Waals surface area (Å²) in [6.07, 6.45) is -0.751. The number of nitrogens with zero attached hydrogens (tertiary/aromatic N) is 3. The van der Waals surface area contributed by atoms with Gasteiger partial charge in [0.2, 0.25) is 11.8 Å². The number of hydrogen-bond acceptors (Lipinski definition) is 10. The van der Waals surface area contributed by atoms with E-state index in [1.807, 2.05) is 82.3 Å². The number of ether oxygens (including phenoxy) is 2. The molecule has 3 aromatic rings. The third-order valence-corrected chi connectivity index (χ3v) is 10.3. The molecule has 15 heteroatoms. The first-order valence-corrected chi connectivity index (χ1v) is 19.4. The molecule has 5 unspecified atom stereocenters. The molecular weight excluding hydrogens is 731 g/mol. The van der Waals surface area contributed by atoms with Crippen LogP contribution in [0.2, 0.25) is 0 Å². The molecule has 0 aliphatic carbocycles. The maximum absolute atomic E-state index is 14.6. The Bertz CT molecular complexity index is 1760. The smallest absolute Gasteiger partial charge is 0.406 e. The standard InChI is InChI=1S/C42H59N7O8/c1-7-28(2)38(35-22-43-40(54)49(35)24-31-14-11-15-32(26-50)45-31)39(53)46-34(20-29-12-9-8-10-13-29)36(51)25-48(23-30-16-18-33(56-5)19-17-30)47-37(52)21-42(3,4)27-44-41(55)57-6/h8-19,28,34-36,38,50-51H,7,20-27H2,1-6H3,(H,43,54)(H,44,55)(H,46,53)(H,47,52). The van der Waals surface area contributed by atoms with E-state index in [0.29, 0.717) is 30.0 Å². The van der Waals surface area contributed by atoms with Crippen molar-refractivity contribution in [1.29, 1.82) is 0 Å². The zero-order valence-electron chi connectivity index (χ0n) is 33.9. The molecule has 5 atom stereocenters. The van der Waals surface area contributed by atoms with Gasteiger partial charge in [-0.3, -0.25) is 20.0 Å². The maximum Gasteiger partial charge on any atom is 0.406 e. The fraction of sp³-hybridized carbons (Fsp3) is 0.500. The number of carbonyl (C=O) groups is 4. The van der Waals surface area contributed by atoms with Crippen LogP contribution in [0.5, 0.6) is 5.75 Å². The van der Waals surface area contributed by atoms with Crippen molar-refractivity contribution in [3.05, 3.63) is 95.3 Å². The van der Waals surface area contributed by atoms with Gasteiger partial charge in [-0.15, -0.1) is 0 Å². The lowest BCUT2D eigenvalue weighted by Gasteiger charge is -2.36. The predicted molar refractivity (Wildman–Crippen MR) is 214 cm³/mol. The van der Waals surface area contributed by atoms with E-state index in [1.165, 1.54) is 7.11 Å². The van der Waals surface area contributed by atoms with Gasteiger partial charge >= 0.3 is 12.1 Å². The van der Waals surface area contributed by atoms with E-state index < -0.39 is 35.6 Å². The molecule has 1 aliphatic heterocycles. The molecule has 5 amide bonds. The molecule has 1 aromatic heterocycles. The van der Waals surface area contributed by atoms with Crippen LogP contribution < -0.4 is 26.1 Å². The molecule has 0 spiro atoms. The van der Waals surface area contributed by atoms with Crippen molar-refractivity contribution < 1.29 is 38.9 Å². The van der Waals surface area contributed by atoms with Crippen molar-refractivity contribution in [3.63, 3.8) is 0 Å². The lowest BCUT2D eigenvalue weighted by Crippen LogP contribution is -2.56. The number of urea groups is 1. The maximum atomic E-state index is 14.6. The number of nitrogens with one attached hydrogen (secondary N) is 4. The molecule has 1 saturated heterocycles. The third-order valence-electron chi connectivity index (χ3n) is 10.3. The SMILES string of the molecule is CCC(C)C(C(=O)NC(Cc1ccccc1)C(O)CN(Cc1ccc(OC)cc1)NC(=O)CC(C)(C)CNC(=O)OC)C1CNC(=O)N1Cc1cccc(CO)n1. The average molecular weight is 790 g/mol. The summed E-state index contributed by atoms with van der Waals surface area (Å²) in [6, 6.07) is 20.5. The molecule has 15 nitrogen and oxygen atoms in total. The monoisotopic (exact) mass is 789 g/mol. The molecule has 57 heavy (non-hydrogen) atoms. The first kappa shape index (κ1) is 44.5. The van der Waals surface area contributed by atoms with Crippen LogP contribution in [-0.4, -0.2) is 101 Å². The van der Waals surface area contributed by atoms with Gasteiger partial charge < -0.3 is 40.5 Å². The molecule has 0 bridgehead atoms. The number of pyridine rings is 1. The lowest BCUT2D eigenvalue weighted by molar-refractivity contribution is -0.132. The highest BCUT2D eigenvalue weighted by atomic mass is 16.5. The minimum atomic E-state index is -1.16. The van der Waals surface area contributed by atoms with Gasteiger partial charge in [-0.25, -0.2) is 14.6 Å². The predicted octanol–water partition coefficient (Wildman–Crippen LogP) is 3.53. The van der Waals surface area contributed by atoms with Crippen molar-refractivity contribution in [2.45, 2.75) is 84.8 Å². The van der Waals surface area contributed by atoms with E-state index in [1.54, 1.807) is 35.2 Å². The highest BCUT2D eigenvalue weighted by Crippen LogP contribution is 2.28. The van der Waals surface area contributed by atoms with E-state index >= 15 is 0 Å². The number of aliphatic hydroxyl groups excluding tert-OH is 2. The summed E-state index contributed by atoms with van der Waals surface area (Å²) in [5.41, 5.74) is 5.14. The number of aliphatic hydroxyl groups is 2. The second-order valence-electron chi connectivity index (χ2n) is 15.4. The van der Waals surface area contributed by atoms with E-state index in [-0.39, 0.29) is 69.5 Å². The van der Waals surface area contributed by atoms with Crippen molar-refractivity contribution in [1.82, 2.24) is 36.3 Å². The quantitative estimate of drug-likeness (QED) is 0.0870. The lowest BCUT2D eigenvalue weighted by atomic mass is 9.83. The van der Waals surface area contributed by atoms with Gasteiger partial charge in [-0.2, -0.15) is 0 Å². The number of hydrogen-bond donors (Lipinski definition) is 6. The molecule has 1 aliphatic rings. The molecule has 4 rings (SSSR count). The Morgan fingerprint density at radius 2 is 1.72 bits per heavy atom. The first-order chi connectivity index (χ1) is 27.2. The van der Waals surface area contributed by atoms with E-state index in [0.717, 1.165) is 11.1 Å². The molecule has 0 radical (unpaired) electrons. The summed E-state index contributed by atoms with van der Waals surface area (Å²) < 4.78 is 10.0. The van der Waals surface area contributed by atoms with Crippen molar-refractivity contribution in [3.8, 4) is 5.75 Å². The van der Waals surface area contributed by atoms with E-state index in [9.17, 15) is 29.4 Å². The Kier molecular flexibility index (Phi) is 16.6. The first-order valence-electron chi connectivity index (χ1n) is 19.4. The zero-order chi connectivity index (χ0) is 41.5. The second kappa shape index (κ2) is 21.3. The van der Waals surface area contributed by atoms with Gasteiger partial charge in [0.05, 0.1) is 62.9 Å². The Morgan fingerprint density at radius 1 is 1.02 bits per heavy atom. The Morgan fingerprint density at radius 3 is 2.37 bits per heavy atom. The summed E-state index contributed by atoms with van der Waals surface area (Å²) in [5.74, 6) is -0.747. The van der Waals surface area contributed by atoms with Gasteiger partial charge in [-0.05, 0) is 53.1 Å². The average Bonchev–Trinajstić information content (AvgIpc) is 3.55. The van der Waals surface area contributed by atoms with Crippen molar-refractivity contribution >= 4 is 23.9 Å². The number of aromatic nitrogens is 1. The normalized spacial score (nSPS) is 16.3.